The Labute approximate surface area is 111 Å². The number of hydrogen-bond donors (Lipinski definition) is 1. The fourth-order valence-corrected chi connectivity index (χ4v) is 2.36. The summed E-state index contributed by atoms with van der Waals surface area (Å²) in [5, 5.41) is 9.21. The van der Waals surface area contributed by atoms with E-state index in [0.29, 0.717) is 16.8 Å². The molecule has 0 saturated carbocycles. The molecule has 0 spiro atoms. The number of carboxylic acids is 1. The van der Waals surface area contributed by atoms with Gasteiger partial charge in [-0.05, 0) is 46.6 Å². The molecule has 0 bridgehead atoms. The second kappa shape index (κ2) is 4.86. The van der Waals surface area contributed by atoms with Crippen molar-refractivity contribution in [3.05, 3.63) is 52.0 Å². The van der Waals surface area contributed by atoms with E-state index in [1.165, 1.54) is 12.1 Å². The van der Waals surface area contributed by atoms with Crippen molar-refractivity contribution in [1.82, 2.24) is 4.98 Å². The maximum Gasteiger partial charge on any atom is 0.339 e. The minimum Gasteiger partial charge on any atom is -0.478 e. The number of carboxylic acid groups (broad SMARTS) is 1. The number of aromatic nitrogens is 1. The van der Waals surface area contributed by atoms with E-state index in [2.05, 4.69) is 20.9 Å². The van der Waals surface area contributed by atoms with E-state index in [4.69, 9.17) is 0 Å². The third-order valence-electron chi connectivity index (χ3n) is 2.47. The minimum atomic E-state index is -1.08. The Kier molecular flexibility index (Phi) is 3.43. The highest BCUT2D eigenvalue weighted by Crippen LogP contribution is 2.29. The van der Waals surface area contributed by atoms with Gasteiger partial charge in [-0.3, -0.25) is 0 Å². The Balaban J connectivity index is 2.69. The van der Waals surface area contributed by atoms with E-state index in [1.807, 2.05) is 0 Å². The molecule has 0 atom stereocenters. The number of halogens is 2. The van der Waals surface area contributed by atoms with Crippen molar-refractivity contribution in [2.24, 2.45) is 0 Å². The third-order valence-corrected chi connectivity index (χ3v) is 3.05. The molecule has 0 radical (unpaired) electrons. The fourth-order valence-electron chi connectivity index (χ4n) is 1.70. The van der Waals surface area contributed by atoms with E-state index in [0.717, 1.165) is 0 Å². The summed E-state index contributed by atoms with van der Waals surface area (Å²) < 4.78 is 13.2. The molecule has 1 heterocycles. The van der Waals surface area contributed by atoms with Gasteiger partial charge in [-0.25, -0.2) is 14.2 Å². The van der Waals surface area contributed by atoms with Crippen LogP contribution in [0.1, 0.15) is 16.1 Å². The van der Waals surface area contributed by atoms with Gasteiger partial charge in [0, 0.05) is 11.3 Å². The van der Waals surface area contributed by atoms with Gasteiger partial charge in [-0.2, -0.15) is 0 Å². The molecule has 0 fully saturated rings. The summed E-state index contributed by atoms with van der Waals surface area (Å²) in [7, 11) is 0. The quantitative estimate of drug-likeness (QED) is 0.861. The van der Waals surface area contributed by atoms with Crippen molar-refractivity contribution >= 4 is 21.9 Å². The zero-order valence-corrected chi connectivity index (χ0v) is 11.0. The molecular formula is C13H9BrFNO2. The molecule has 0 amide bonds. The second-order valence-electron chi connectivity index (χ2n) is 3.79. The number of nitrogens with zero attached hydrogens (tertiary/aromatic N) is 1. The molecule has 2 rings (SSSR count). The van der Waals surface area contributed by atoms with Crippen LogP contribution < -0.4 is 0 Å². The molecule has 18 heavy (non-hydrogen) atoms. The third kappa shape index (κ3) is 2.41. The molecule has 0 aliphatic carbocycles. The zero-order chi connectivity index (χ0) is 13.3. The number of hydrogen-bond acceptors (Lipinski definition) is 2. The summed E-state index contributed by atoms with van der Waals surface area (Å²) >= 11 is 3.14. The molecule has 5 heteroatoms. The molecule has 2 aromatic rings. The number of carbonyl (C=O) groups is 1. The normalized spacial score (nSPS) is 10.4. The number of rotatable bonds is 2. The molecule has 1 N–H and O–H groups in total. The van der Waals surface area contributed by atoms with Crippen molar-refractivity contribution in [2.45, 2.75) is 6.92 Å². The summed E-state index contributed by atoms with van der Waals surface area (Å²) in [6.45, 7) is 1.77. The topological polar surface area (TPSA) is 50.2 Å². The van der Waals surface area contributed by atoms with Crippen LogP contribution in [-0.2, 0) is 0 Å². The second-order valence-corrected chi connectivity index (χ2v) is 4.54. The van der Waals surface area contributed by atoms with E-state index in [-0.39, 0.29) is 16.0 Å². The monoisotopic (exact) mass is 309 g/mol. The van der Waals surface area contributed by atoms with Crippen molar-refractivity contribution in [3.63, 3.8) is 0 Å². The van der Waals surface area contributed by atoms with Gasteiger partial charge in [-0.1, -0.05) is 12.1 Å². The molecule has 92 valence electrons. The van der Waals surface area contributed by atoms with Gasteiger partial charge >= 0.3 is 5.97 Å². The molecule has 0 saturated heterocycles. The summed E-state index contributed by atoms with van der Waals surface area (Å²) in [6.07, 6.45) is 0. The standard InChI is InChI=1S/C13H9BrFNO2/c1-7-6-10(8-2-4-9(15)5-3-8)11(13(17)18)12(14)16-7/h2-6H,1H3,(H,17,18). The first-order valence-electron chi connectivity index (χ1n) is 5.15. The van der Waals surface area contributed by atoms with Gasteiger partial charge < -0.3 is 5.11 Å². The van der Waals surface area contributed by atoms with E-state index in [1.54, 1.807) is 25.1 Å². The van der Waals surface area contributed by atoms with Gasteiger partial charge in [0.1, 0.15) is 16.0 Å². The van der Waals surface area contributed by atoms with Crippen LogP contribution in [0.3, 0.4) is 0 Å². The van der Waals surface area contributed by atoms with Gasteiger partial charge in [0.2, 0.25) is 0 Å². The number of aryl methyl sites for hydroxylation is 1. The van der Waals surface area contributed by atoms with Crippen LogP contribution in [0, 0.1) is 12.7 Å². The predicted octanol–water partition coefficient (Wildman–Crippen LogP) is 3.66. The molecule has 0 aliphatic rings. The van der Waals surface area contributed by atoms with Crippen LogP contribution in [0.2, 0.25) is 0 Å². The van der Waals surface area contributed by atoms with Crippen LogP contribution in [0.4, 0.5) is 4.39 Å². The molecule has 1 aromatic heterocycles. The summed E-state index contributed by atoms with van der Waals surface area (Å²) in [6, 6.07) is 7.35. The van der Waals surface area contributed by atoms with E-state index in [9.17, 15) is 14.3 Å². The molecule has 0 aliphatic heterocycles. The lowest BCUT2D eigenvalue weighted by Crippen LogP contribution is -2.04. The lowest BCUT2D eigenvalue weighted by molar-refractivity contribution is 0.0696. The number of pyridine rings is 1. The smallest absolute Gasteiger partial charge is 0.339 e. The first-order valence-corrected chi connectivity index (χ1v) is 5.94. The highest BCUT2D eigenvalue weighted by Gasteiger charge is 2.17. The average molecular weight is 310 g/mol. The van der Waals surface area contributed by atoms with Crippen LogP contribution in [0.15, 0.2) is 34.9 Å². The predicted molar refractivity (Wildman–Crippen MR) is 69.0 cm³/mol. The van der Waals surface area contributed by atoms with Crippen molar-refractivity contribution < 1.29 is 14.3 Å². The van der Waals surface area contributed by atoms with Crippen LogP contribution >= 0.6 is 15.9 Å². The van der Waals surface area contributed by atoms with Gasteiger partial charge in [-0.15, -0.1) is 0 Å². The van der Waals surface area contributed by atoms with E-state index >= 15 is 0 Å². The zero-order valence-electron chi connectivity index (χ0n) is 9.45. The summed E-state index contributed by atoms with van der Waals surface area (Å²) in [5.74, 6) is -1.44. The highest BCUT2D eigenvalue weighted by molar-refractivity contribution is 9.10. The Hall–Kier alpha value is -1.75. The maximum absolute atomic E-state index is 12.9. The van der Waals surface area contributed by atoms with Gasteiger partial charge in [0.15, 0.2) is 0 Å². The van der Waals surface area contributed by atoms with Crippen LogP contribution in [-0.4, -0.2) is 16.1 Å². The van der Waals surface area contributed by atoms with Crippen molar-refractivity contribution in [2.75, 3.05) is 0 Å². The van der Waals surface area contributed by atoms with Gasteiger partial charge in [0.25, 0.3) is 0 Å². The Bertz CT molecular complexity index is 611. The summed E-state index contributed by atoms with van der Waals surface area (Å²) in [4.78, 5) is 15.3. The maximum atomic E-state index is 12.9. The minimum absolute atomic E-state index is 0.0761. The number of benzene rings is 1. The lowest BCUT2D eigenvalue weighted by Gasteiger charge is -2.09. The van der Waals surface area contributed by atoms with Crippen molar-refractivity contribution in [3.8, 4) is 11.1 Å². The van der Waals surface area contributed by atoms with Crippen LogP contribution in [0.25, 0.3) is 11.1 Å². The number of aromatic carboxylic acids is 1. The molecular weight excluding hydrogens is 301 g/mol. The Morgan fingerprint density at radius 2 is 1.94 bits per heavy atom. The van der Waals surface area contributed by atoms with E-state index < -0.39 is 5.97 Å². The Morgan fingerprint density at radius 1 is 1.33 bits per heavy atom. The first kappa shape index (κ1) is 12.7. The molecule has 1 aromatic carbocycles. The fraction of sp³-hybridized carbons (Fsp3) is 0.0769. The summed E-state index contributed by atoms with van der Waals surface area (Å²) in [5.41, 5.74) is 1.92. The molecule has 3 nitrogen and oxygen atoms in total. The van der Waals surface area contributed by atoms with Crippen molar-refractivity contribution in [1.29, 1.82) is 0 Å². The first-order chi connectivity index (χ1) is 8.49. The van der Waals surface area contributed by atoms with Gasteiger partial charge in [0.05, 0.1) is 0 Å². The largest absolute Gasteiger partial charge is 0.478 e. The highest BCUT2D eigenvalue weighted by atomic mass is 79.9. The Morgan fingerprint density at radius 3 is 2.50 bits per heavy atom. The lowest BCUT2D eigenvalue weighted by atomic mass is 10.0. The van der Waals surface area contributed by atoms with Crippen LogP contribution in [0.5, 0.6) is 0 Å². The average Bonchev–Trinajstić information content (AvgIpc) is 2.28. The SMILES string of the molecule is Cc1cc(-c2ccc(F)cc2)c(C(=O)O)c(Br)n1. The molecule has 0 unspecified atom stereocenters.